The Kier molecular flexibility index (Phi) is 8.77. The van der Waals surface area contributed by atoms with Crippen LogP contribution < -0.4 is 16.4 Å². The number of nitrogens with one attached hydrogen (secondary N) is 2. The van der Waals surface area contributed by atoms with Gasteiger partial charge in [0.2, 0.25) is 11.8 Å². The van der Waals surface area contributed by atoms with Crippen molar-refractivity contribution >= 4 is 23.8 Å². The van der Waals surface area contributed by atoms with E-state index in [-0.39, 0.29) is 6.42 Å². The molecule has 0 aromatic carbocycles. The van der Waals surface area contributed by atoms with E-state index in [1.165, 1.54) is 6.92 Å². The van der Waals surface area contributed by atoms with E-state index in [0.29, 0.717) is 0 Å². The normalized spacial score (nSPS) is 15.8. The summed E-state index contributed by atoms with van der Waals surface area (Å²) in [4.78, 5) is 45.0. The summed E-state index contributed by atoms with van der Waals surface area (Å²) in [6.45, 7) is 0.498. The smallest absolute Gasteiger partial charge is 0.326 e. The number of rotatable bonds is 10. The number of amides is 2. The van der Waals surface area contributed by atoms with E-state index in [1.807, 2.05) is 5.32 Å². The van der Waals surface area contributed by atoms with Gasteiger partial charge in [-0.2, -0.15) is 0 Å². The number of carbonyl (C=O) groups excluding carboxylic acids is 2. The minimum Gasteiger partial charge on any atom is -0.481 e. The molecule has 0 radical (unpaired) electrons. The zero-order valence-electron chi connectivity index (χ0n) is 12.4. The molecular formula is C12H21N3O8. The Bertz CT molecular complexity index is 454. The van der Waals surface area contributed by atoms with Crippen molar-refractivity contribution in [3.8, 4) is 0 Å². The zero-order valence-corrected chi connectivity index (χ0v) is 12.4. The van der Waals surface area contributed by atoms with E-state index in [1.54, 1.807) is 0 Å². The van der Waals surface area contributed by atoms with Gasteiger partial charge in [0.15, 0.2) is 0 Å². The topological polar surface area (TPSA) is 199 Å². The van der Waals surface area contributed by atoms with Crippen LogP contribution in [0.25, 0.3) is 0 Å². The summed E-state index contributed by atoms with van der Waals surface area (Å²) in [7, 11) is 0. The second-order valence-corrected chi connectivity index (χ2v) is 4.85. The lowest BCUT2D eigenvalue weighted by atomic mass is 10.1. The molecule has 0 aliphatic rings. The molecule has 0 unspecified atom stereocenters. The van der Waals surface area contributed by atoms with E-state index in [4.69, 9.17) is 21.1 Å². The van der Waals surface area contributed by atoms with Crippen molar-refractivity contribution in [3.63, 3.8) is 0 Å². The Morgan fingerprint density at radius 1 is 1.09 bits per heavy atom. The fourth-order valence-electron chi connectivity index (χ4n) is 1.54. The number of carbonyl (C=O) groups is 4. The first-order valence-electron chi connectivity index (χ1n) is 6.70. The van der Waals surface area contributed by atoms with Gasteiger partial charge in [0, 0.05) is 6.42 Å². The van der Waals surface area contributed by atoms with E-state index < -0.39 is 61.0 Å². The van der Waals surface area contributed by atoms with Crippen LogP contribution in [0.3, 0.4) is 0 Å². The summed E-state index contributed by atoms with van der Waals surface area (Å²) < 4.78 is 0. The van der Waals surface area contributed by atoms with Crippen molar-refractivity contribution in [1.82, 2.24) is 10.6 Å². The first-order valence-corrected chi connectivity index (χ1v) is 6.70. The van der Waals surface area contributed by atoms with E-state index in [2.05, 4.69) is 5.32 Å². The summed E-state index contributed by atoms with van der Waals surface area (Å²) in [5, 5.41) is 39.9. The van der Waals surface area contributed by atoms with Gasteiger partial charge in [-0.1, -0.05) is 0 Å². The van der Waals surface area contributed by atoms with E-state index in [0.717, 1.165) is 0 Å². The highest BCUT2D eigenvalue weighted by Crippen LogP contribution is 2.01. The van der Waals surface area contributed by atoms with Crippen LogP contribution in [-0.4, -0.2) is 75.0 Å². The number of aliphatic carboxylic acids is 2. The van der Waals surface area contributed by atoms with Crippen LogP contribution in [0.1, 0.15) is 19.8 Å². The minimum absolute atomic E-state index is 0.368. The van der Waals surface area contributed by atoms with Gasteiger partial charge in [-0.25, -0.2) is 4.79 Å². The molecule has 132 valence electrons. The van der Waals surface area contributed by atoms with E-state index >= 15 is 0 Å². The Hall–Kier alpha value is -2.24. The second kappa shape index (κ2) is 9.71. The van der Waals surface area contributed by atoms with Gasteiger partial charge in [0.25, 0.3) is 0 Å². The Morgan fingerprint density at radius 2 is 1.65 bits per heavy atom. The Balaban J connectivity index is 4.91. The highest BCUT2D eigenvalue weighted by molar-refractivity contribution is 5.92. The van der Waals surface area contributed by atoms with Crippen molar-refractivity contribution in [1.29, 1.82) is 0 Å². The van der Waals surface area contributed by atoms with Crippen LogP contribution in [0.4, 0.5) is 0 Å². The van der Waals surface area contributed by atoms with Crippen LogP contribution in [0.2, 0.25) is 0 Å². The molecule has 2 amide bonds. The number of hydrogen-bond donors (Lipinski definition) is 7. The lowest BCUT2D eigenvalue weighted by molar-refractivity contribution is -0.144. The quantitative estimate of drug-likeness (QED) is 0.212. The largest absolute Gasteiger partial charge is 0.481 e. The molecule has 0 aliphatic carbocycles. The minimum atomic E-state index is -1.51. The molecule has 23 heavy (non-hydrogen) atoms. The molecule has 11 heteroatoms. The maximum atomic E-state index is 12.0. The van der Waals surface area contributed by atoms with Gasteiger partial charge in [-0.3, -0.25) is 14.4 Å². The molecular weight excluding hydrogens is 314 g/mol. The SMILES string of the molecule is C[C@@H](O)[C@H](NC(=O)[C@@H](N)CO)C(=O)N[C@@H](CCC(=O)O)C(=O)O. The monoisotopic (exact) mass is 335 g/mol. The fourth-order valence-corrected chi connectivity index (χ4v) is 1.54. The predicted molar refractivity (Wildman–Crippen MR) is 75.1 cm³/mol. The molecule has 0 saturated heterocycles. The lowest BCUT2D eigenvalue weighted by Crippen LogP contribution is -2.58. The van der Waals surface area contributed by atoms with Crippen LogP contribution in [-0.2, 0) is 19.2 Å². The maximum absolute atomic E-state index is 12.0. The predicted octanol–water partition coefficient (Wildman–Crippen LogP) is -3.39. The van der Waals surface area contributed by atoms with Crippen LogP contribution >= 0.6 is 0 Å². The zero-order chi connectivity index (χ0) is 18.2. The summed E-state index contributed by atoms with van der Waals surface area (Å²) in [6.07, 6.45) is -2.23. The highest BCUT2D eigenvalue weighted by atomic mass is 16.4. The van der Waals surface area contributed by atoms with Crippen molar-refractivity contribution in [2.24, 2.45) is 5.73 Å². The van der Waals surface area contributed by atoms with Crippen molar-refractivity contribution < 1.29 is 39.6 Å². The third kappa shape index (κ3) is 7.54. The van der Waals surface area contributed by atoms with Gasteiger partial charge in [-0.05, 0) is 13.3 Å². The summed E-state index contributed by atoms with van der Waals surface area (Å²) >= 11 is 0. The number of carboxylic acid groups (broad SMARTS) is 2. The first-order chi connectivity index (χ1) is 10.6. The number of carboxylic acids is 2. The van der Waals surface area contributed by atoms with Crippen LogP contribution in [0.15, 0.2) is 0 Å². The number of aliphatic hydroxyl groups is 2. The summed E-state index contributed by atoms with van der Waals surface area (Å²) in [6, 6.07) is -4.32. The highest BCUT2D eigenvalue weighted by Gasteiger charge is 2.30. The first kappa shape index (κ1) is 20.8. The van der Waals surface area contributed by atoms with Crippen molar-refractivity contribution in [2.75, 3.05) is 6.61 Å². The van der Waals surface area contributed by atoms with Gasteiger partial charge in [-0.15, -0.1) is 0 Å². The molecule has 0 heterocycles. The number of aliphatic hydroxyl groups excluding tert-OH is 2. The summed E-state index contributed by atoms with van der Waals surface area (Å²) in [5.74, 6) is -4.62. The third-order valence-corrected chi connectivity index (χ3v) is 2.86. The lowest BCUT2D eigenvalue weighted by Gasteiger charge is -2.24. The molecule has 0 fully saturated rings. The molecule has 0 aliphatic heterocycles. The molecule has 0 aromatic heterocycles. The molecule has 0 rings (SSSR count). The molecule has 0 aromatic rings. The van der Waals surface area contributed by atoms with Gasteiger partial charge in [0.1, 0.15) is 18.1 Å². The Morgan fingerprint density at radius 3 is 2.04 bits per heavy atom. The second-order valence-electron chi connectivity index (χ2n) is 4.85. The van der Waals surface area contributed by atoms with Crippen molar-refractivity contribution in [3.05, 3.63) is 0 Å². The fraction of sp³-hybridized carbons (Fsp3) is 0.667. The van der Waals surface area contributed by atoms with Crippen LogP contribution in [0, 0.1) is 0 Å². The van der Waals surface area contributed by atoms with Gasteiger partial charge >= 0.3 is 11.9 Å². The van der Waals surface area contributed by atoms with Crippen molar-refractivity contribution in [2.45, 2.75) is 44.0 Å². The maximum Gasteiger partial charge on any atom is 0.326 e. The average Bonchev–Trinajstić information content (AvgIpc) is 2.46. The molecule has 0 saturated carbocycles. The van der Waals surface area contributed by atoms with Crippen LogP contribution in [0.5, 0.6) is 0 Å². The molecule has 4 atom stereocenters. The summed E-state index contributed by atoms with van der Waals surface area (Å²) in [5.41, 5.74) is 5.26. The molecule has 11 nitrogen and oxygen atoms in total. The number of nitrogens with two attached hydrogens (primary N) is 1. The third-order valence-electron chi connectivity index (χ3n) is 2.86. The van der Waals surface area contributed by atoms with Gasteiger partial charge < -0.3 is 36.8 Å². The standard InChI is InChI=1S/C12H21N3O8/c1-5(17)9(15-10(20)6(13)4-16)11(21)14-7(12(22)23)2-3-8(18)19/h5-7,9,16-17H,2-4,13H2,1H3,(H,14,21)(H,15,20)(H,18,19)(H,22,23)/t5-,6+,7+,9+/m1/s1. The molecule has 8 N–H and O–H groups in total. The van der Waals surface area contributed by atoms with Gasteiger partial charge in [0.05, 0.1) is 12.7 Å². The molecule has 0 bridgehead atoms. The molecule has 0 spiro atoms. The Labute approximate surface area is 131 Å². The number of hydrogen-bond acceptors (Lipinski definition) is 7. The van der Waals surface area contributed by atoms with E-state index in [9.17, 15) is 24.3 Å². The average molecular weight is 335 g/mol.